The Labute approximate surface area is 262 Å². The number of carbonyl (C=O) groups is 3. The number of hydrogen-bond donors (Lipinski definition) is 3. The zero-order valence-corrected chi connectivity index (χ0v) is 28.1. The number of alkyl carbamates (subject to hydrolysis) is 1. The van der Waals surface area contributed by atoms with Gasteiger partial charge in [-0.25, -0.2) is 4.79 Å². The van der Waals surface area contributed by atoms with Crippen molar-refractivity contribution in [3.05, 3.63) is 58.1 Å². The average Bonchev–Trinajstić information content (AvgIpc) is 2.91. The van der Waals surface area contributed by atoms with Crippen LogP contribution in [0.1, 0.15) is 97.4 Å². The molecule has 0 aliphatic rings. The third kappa shape index (κ3) is 9.88. The molecule has 3 N–H and O–H groups in total. The van der Waals surface area contributed by atoms with Gasteiger partial charge < -0.3 is 25.4 Å². The summed E-state index contributed by atoms with van der Waals surface area (Å²) in [5, 5.41) is 17.4. The molecule has 0 aromatic heterocycles. The van der Waals surface area contributed by atoms with Crippen LogP contribution in [-0.2, 0) is 14.3 Å². The second-order valence-corrected chi connectivity index (χ2v) is 13.3. The molecule has 4 atom stereocenters. The van der Waals surface area contributed by atoms with Gasteiger partial charge in [-0.15, -0.1) is 0 Å². The second-order valence-electron chi connectivity index (χ2n) is 12.9. The Hall–Kier alpha value is -3.26. The summed E-state index contributed by atoms with van der Waals surface area (Å²) in [6.07, 6.45) is 1.28. The fourth-order valence-electron chi connectivity index (χ4n) is 4.89. The van der Waals surface area contributed by atoms with E-state index in [1.807, 2.05) is 33.8 Å². The van der Waals surface area contributed by atoms with Gasteiger partial charge >= 0.3 is 6.09 Å². The predicted octanol–water partition coefficient (Wildman–Crippen LogP) is 7.93. The van der Waals surface area contributed by atoms with E-state index in [1.54, 1.807) is 58.0 Å². The first-order valence-corrected chi connectivity index (χ1v) is 15.5. The van der Waals surface area contributed by atoms with Gasteiger partial charge in [-0.1, -0.05) is 76.0 Å². The van der Waals surface area contributed by atoms with Crippen molar-refractivity contribution in [2.24, 2.45) is 11.8 Å². The maximum Gasteiger partial charge on any atom is 0.408 e. The van der Waals surface area contributed by atoms with Crippen LogP contribution < -0.4 is 10.6 Å². The summed E-state index contributed by atoms with van der Waals surface area (Å²) >= 11 is 6.48. The first-order chi connectivity index (χ1) is 20.0. The van der Waals surface area contributed by atoms with Crippen LogP contribution in [0.15, 0.2) is 36.4 Å². The summed E-state index contributed by atoms with van der Waals surface area (Å²) in [5.74, 6) is -0.960. The number of ether oxygens (including phenoxy) is 1. The molecule has 8 nitrogen and oxygen atoms in total. The molecule has 43 heavy (non-hydrogen) atoms. The van der Waals surface area contributed by atoms with Crippen molar-refractivity contribution in [2.45, 2.75) is 112 Å². The topological polar surface area (TPSA) is 108 Å². The Morgan fingerprint density at radius 1 is 0.977 bits per heavy atom. The van der Waals surface area contributed by atoms with Crippen molar-refractivity contribution in [3.63, 3.8) is 0 Å². The Morgan fingerprint density at radius 2 is 1.58 bits per heavy atom. The minimum absolute atomic E-state index is 0.0763. The molecule has 2 rings (SSSR count). The number of aryl methyl sites for hydroxylation is 2. The highest BCUT2D eigenvalue weighted by Crippen LogP contribution is 2.36. The zero-order valence-electron chi connectivity index (χ0n) is 27.4. The van der Waals surface area contributed by atoms with Gasteiger partial charge in [0.15, 0.2) is 0 Å². The van der Waals surface area contributed by atoms with E-state index in [9.17, 15) is 19.5 Å². The molecule has 0 aliphatic carbocycles. The van der Waals surface area contributed by atoms with Crippen molar-refractivity contribution in [2.75, 3.05) is 5.32 Å². The van der Waals surface area contributed by atoms with E-state index in [2.05, 4.69) is 24.5 Å². The predicted molar refractivity (Wildman–Crippen MR) is 173 cm³/mol. The molecule has 3 amide bonds. The van der Waals surface area contributed by atoms with Crippen LogP contribution in [0.25, 0.3) is 0 Å². The van der Waals surface area contributed by atoms with Crippen molar-refractivity contribution in [1.29, 1.82) is 0 Å². The fraction of sp³-hybridized carbons (Fsp3) is 0.559. The summed E-state index contributed by atoms with van der Waals surface area (Å²) in [7, 11) is 0. The van der Waals surface area contributed by atoms with Crippen LogP contribution in [0.5, 0.6) is 5.75 Å². The highest BCUT2D eigenvalue weighted by atomic mass is 35.5. The number of nitrogens with zero attached hydrogens (tertiary/aromatic N) is 1. The van der Waals surface area contributed by atoms with Crippen molar-refractivity contribution in [3.8, 4) is 5.75 Å². The van der Waals surface area contributed by atoms with Crippen molar-refractivity contribution < 1.29 is 24.2 Å². The number of halogens is 1. The van der Waals surface area contributed by atoms with E-state index in [1.165, 1.54) is 4.90 Å². The highest BCUT2D eigenvalue weighted by Gasteiger charge is 2.41. The number of nitrogens with one attached hydrogen (secondary N) is 2. The van der Waals surface area contributed by atoms with Gasteiger partial charge in [0.05, 0.1) is 10.7 Å². The minimum Gasteiger partial charge on any atom is -0.507 e. The van der Waals surface area contributed by atoms with Crippen LogP contribution in [0.2, 0.25) is 5.02 Å². The monoisotopic (exact) mass is 615 g/mol. The SMILES string of the molecule is CCC(C)C(NC(=O)OC(C)(C)C)C(=O)N(C(C)CCC(C)C)C(C(=O)Nc1c(C)cccc1Cl)c1cccc(C)c1O. The van der Waals surface area contributed by atoms with Gasteiger partial charge in [0.1, 0.15) is 23.4 Å². The Morgan fingerprint density at radius 3 is 2.14 bits per heavy atom. The molecule has 0 fully saturated rings. The van der Waals surface area contributed by atoms with Gasteiger partial charge in [0.25, 0.3) is 5.91 Å². The highest BCUT2D eigenvalue weighted by molar-refractivity contribution is 6.34. The number of amides is 3. The lowest BCUT2D eigenvalue weighted by Crippen LogP contribution is -2.57. The molecule has 4 unspecified atom stereocenters. The van der Waals surface area contributed by atoms with Crippen LogP contribution in [0, 0.1) is 25.7 Å². The lowest BCUT2D eigenvalue weighted by molar-refractivity contribution is -0.144. The van der Waals surface area contributed by atoms with Crippen LogP contribution in [0.4, 0.5) is 10.5 Å². The van der Waals surface area contributed by atoms with E-state index in [4.69, 9.17) is 16.3 Å². The summed E-state index contributed by atoms with van der Waals surface area (Å²) in [5.41, 5.74) is 1.27. The Kier molecular flexibility index (Phi) is 12.9. The first kappa shape index (κ1) is 35.9. The summed E-state index contributed by atoms with van der Waals surface area (Å²) < 4.78 is 5.51. The number of phenolic OH excluding ortho intramolecular Hbond substituents is 1. The Bertz CT molecular complexity index is 1250. The lowest BCUT2D eigenvalue weighted by Gasteiger charge is -2.40. The molecule has 0 spiro atoms. The molecule has 2 aromatic rings. The summed E-state index contributed by atoms with van der Waals surface area (Å²) in [6.45, 7) is 18.7. The molecule has 0 radical (unpaired) electrons. The number of para-hydroxylation sites is 2. The fourth-order valence-corrected chi connectivity index (χ4v) is 5.16. The standard InChI is InChI=1S/C34H50ClN3O5/c1-11-21(4)28(37-33(42)43-34(8,9)10)32(41)38(24(7)19-18-20(2)3)29(25-16-12-15-23(6)30(25)39)31(40)36-27-22(5)14-13-17-26(27)35/h12-17,20-21,24,28-29,39H,11,18-19H2,1-10H3,(H,36,40)(H,37,42). The van der Waals surface area contributed by atoms with Gasteiger partial charge in [-0.2, -0.15) is 0 Å². The molecule has 0 saturated heterocycles. The zero-order chi connectivity index (χ0) is 32.6. The van der Waals surface area contributed by atoms with E-state index < -0.39 is 41.6 Å². The smallest absolute Gasteiger partial charge is 0.408 e. The number of rotatable bonds is 12. The molecule has 0 heterocycles. The molecular weight excluding hydrogens is 566 g/mol. The van der Waals surface area contributed by atoms with E-state index in [0.29, 0.717) is 35.0 Å². The van der Waals surface area contributed by atoms with Gasteiger partial charge in [0, 0.05) is 11.6 Å². The number of hydrogen-bond acceptors (Lipinski definition) is 5. The first-order valence-electron chi connectivity index (χ1n) is 15.1. The maximum absolute atomic E-state index is 14.7. The molecule has 0 bridgehead atoms. The largest absolute Gasteiger partial charge is 0.507 e. The summed E-state index contributed by atoms with van der Waals surface area (Å²) in [6, 6.07) is 7.82. The van der Waals surface area contributed by atoms with Crippen molar-refractivity contribution >= 4 is 35.2 Å². The van der Waals surface area contributed by atoms with Crippen molar-refractivity contribution in [1.82, 2.24) is 10.2 Å². The van der Waals surface area contributed by atoms with Gasteiger partial charge in [-0.05, 0) is 83.4 Å². The quantitative estimate of drug-likeness (QED) is 0.225. The molecule has 9 heteroatoms. The molecule has 0 aliphatic heterocycles. The number of phenols is 1. The van der Waals surface area contributed by atoms with E-state index >= 15 is 0 Å². The summed E-state index contributed by atoms with van der Waals surface area (Å²) in [4.78, 5) is 43.5. The average molecular weight is 616 g/mol. The van der Waals surface area contributed by atoms with E-state index in [-0.39, 0.29) is 17.2 Å². The maximum atomic E-state index is 14.7. The lowest BCUT2D eigenvalue weighted by atomic mass is 9.92. The molecule has 0 saturated carbocycles. The molecule has 2 aromatic carbocycles. The van der Waals surface area contributed by atoms with Crippen LogP contribution in [0.3, 0.4) is 0 Å². The third-order valence-corrected chi connectivity index (χ3v) is 7.92. The van der Waals surface area contributed by atoms with Gasteiger partial charge in [0.2, 0.25) is 5.91 Å². The normalized spacial score (nSPS) is 14.4. The van der Waals surface area contributed by atoms with Gasteiger partial charge in [-0.3, -0.25) is 9.59 Å². The Balaban J connectivity index is 2.76. The van der Waals surface area contributed by atoms with E-state index in [0.717, 1.165) is 12.0 Å². The second kappa shape index (κ2) is 15.5. The number of anilines is 1. The minimum atomic E-state index is -1.22. The van der Waals surface area contributed by atoms with Crippen LogP contribution in [-0.4, -0.2) is 45.6 Å². The van der Waals surface area contributed by atoms with Crippen LogP contribution >= 0.6 is 11.6 Å². The third-order valence-electron chi connectivity index (χ3n) is 7.60. The number of benzene rings is 2. The molecular formula is C34H50ClN3O5. The number of carbonyl (C=O) groups excluding carboxylic acids is 3. The number of aromatic hydroxyl groups is 1. The molecule has 238 valence electrons.